The maximum absolute atomic E-state index is 12.6. The average Bonchev–Trinajstić information content (AvgIpc) is 2.82. The maximum Gasteiger partial charge on any atom is 0.305 e. The van der Waals surface area contributed by atoms with Gasteiger partial charge in [-0.15, -0.1) is 0 Å². The van der Waals surface area contributed by atoms with Crippen LogP contribution in [0, 0.1) is 0 Å². The second kappa shape index (κ2) is 14.8. The van der Waals surface area contributed by atoms with Crippen molar-refractivity contribution >= 4 is 23.5 Å². The number of carbonyl (C=O) groups is 3. The molecule has 0 saturated carbocycles. The molecule has 0 atom stereocenters. The SMILES string of the molecule is CCCN(CCC)C(=O)c1ccc(NC(=O)CCCC(=O)OCCCc2ccccc2)cc1. The Balaban J connectivity index is 1.65. The first-order valence-electron chi connectivity index (χ1n) is 11.9. The number of hydrogen-bond acceptors (Lipinski definition) is 4. The summed E-state index contributed by atoms with van der Waals surface area (Å²) in [6, 6.07) is 17.0. The number of amides is 2. The second-order valence-corrected chi connectivity index (χ2v) is 8.08. The number of esters is 1. The van der Waals surface area contributed by atoms with Crippen molar-refractivity contribution in [1.29, 1.82) is 0 Å². The predicted molar refractivity (Wildman–Crippen MR) is 131 cm³/mol. The van der Waals surface area contributed by atoms with Crippen LogP contribution in [0.15, 0.2) is 54.6 Å². The van der Waals surface area contributed by atoms with Crippen molar-refractivity contribution < 1.29 is 19.1 Å². The molecule has 0 radical (unpaired) electrons. The van der Waals surface area contributed by atoms with Crippen molar-refractivity contribution in [2.45, 2.75) is 58.8 Å². The molecule has 2 aromatic carbocycles. The van der Waals surface area contributed by atoms with Crippen molar-refractivity contribution in [3.05, 3.63) is 65.7 Å². The van der Waals surface area contributed by atoms with Crippen LogP contribution in [0.5, 0.6) is 0 Å². The Bertz CT molecular complexity index is 859. The highest BCUT2D eigenvalue weighted by Gasteiger charge is 2.14. The van der Waals surface area contributed by atoms with Crippen LogP contribution in [0.25, 0.3) is 0 Å². The number of benzene rings is 2. The van der Waals surface area contributed by atoms with Crippen LogP contribution >= 0.6 is 0 Å². The fourth-order valence-corrected chi connectivity index (χ4v) is 3.53. The molecule has 1 N–H and O–H groups in total. The van der Waals surface area contributed by atoms with E-state index in [4.69, 9.17) is 4.74 Å². The van der Waals surface area contributed by atoms with Gasteiger partial charge in [-0.1, -0.05) is 44.2 Å². The van der Waals surface area contributed by atoms with E-state index in [1.54, 1.807) is 24.3 Å². The highest BCUT2D eigenvalue weighted by molar-refractivity contribution is 5.95. The summed E-state index contributed by atoms with van der Waals surface area (Å²) in [6.07, 6.45) is 4.38. The van der Waals surface area contributed by atoms with E-state index in [-0.39, 0.29) is 30.6 Å². The van der Waals surface area contributed by atoms with Gasteiger partial charge in [0.05, 0.1) is 6.61 Å². The molecule has 0 aliphatic carbocycles. The number of rotatable bonds is 14. The Morgan fingerprint density at radius 1 is 0.848 bits per heavy atom. The summed E-state index contributed by atoms with van der Waals surface area (Å²) in [7, 11) is 0. The molecule has 0 spiro atoms. The zero-order valence-corrected chi connectivity index (χ0v) is 19.8. The monoisotopic (exact) mass is 452 g/mol. The Labute approximate surface area is 197 Å². The van der Waals surface area contributed by atoms with E-state index < -0.39 is 0 Å². The average molecular weight is 453 g/mol. The third kappa shape index (κ3) is 9.89. The van der Waals surface area contributed by atoms with Crippen molar-refractivity contribution in [1.82, 2.24) is 4.90 Å². The van der Waals surface area contributed by atoms with Gasteiger partial charge in [0, 0.05) is 37.2 Å². The van der Waals surface area contributed by atoms with E-state index in [1.165, 1.54) is 5.56 Å². The van der Waals surface area contributed by atoms with Crippen molar-refractivity contribution in [3.8, 4) is 0 Å². The van der Waals surface area contributed by atoms with Crippen LogP contribution in [0.4, 0.5) is 5.69 Å². The van der Waals surface area contributed by atoms with Gasteiger partial charge in [0.2, 0.25) is 5.91 Å². The number of nitrogens with one attached hydrogen (secondary N) is 1. The van der Waals surface area contributed by atoms with Crippen molar-refractivity contribution in [3.63, 3.8) is 0 Å². The molecular weight excluding hydrogens is 416 g/mol. The zero-order chi connectivity index (χ0) is 23.9. The summed E-state index contributed by atoms with van der Waals surface area (Å²) in [5, 5.41) is 2.82. The normalized spacial score (nSPS) is 10.5. The molecule has 0 fully saturated rings. The molecule has 6 nitrogen and oxygen atoms in total. The highest BCUT2D eigenvalue weighted by Crippen LogP contribution is 2.13. The molecule has 2 rings (SSSR count). The molecule has 2 amide bonds. The quantitative estimate of drug-likeness (QED) is 0.314. The van der Waals surface area contributed by atoms with Crippen molar-refractivity contribution in [2.24, 2.45) is 0 Å². The minimum absolute atomic E-state index is 0.0128. The highest BCUT2D eigenvalue weighted by atomic mass is 16.5. The van der Waals surface area contributed by atoms with E-state index in [1.807, 2.05) is 23.1 Å². The fourth-order valence-electron chi connectivity index (χ4n) is 3.53. The Kier molecular flexibility index (Phi) is 11.7. The summed E-state index contributed by atoms with van der Waals surface area (Å²) in [5.74, 6) is -0.425. The third-order valence-electron chi connectivity index (χ3n) is 5.19. The van der Waals surface area contributed by atoms with E-state index >= 15 is 0 Å². The Hall–Kier alpha value is -3.15. The Morgan fingerprint density at radius 3 is 2.15 bits per heavy atom. The van der Waals surface area contributed by atoms with Gasteiger partial charge >= 0.3 is 5.97 Å². The largest absolute Gasteiger partial charge is 0.466 e. The number of ether oxygens (including phenoxy) is 1. The van der Waals surface area contributed by atoms with Crippen molar-refractivity contribution in [2.75, 3.05) is 25.0 Å². The summed E-state index contributed by atoms with van der Waals surface area (Å²) in [6.45, 7) is 5.97. The molecule has 0 aliphatic rings. The molecule has 178 valence electrons. The molecule has 0 bridgehead atoms. The van der Waals surface area contributed by atoms with E-state index in [0.29, 0.717) is 24.3 Å². The molecule has 0 aliphatic heterocycles. The van der Waals surface area contributed by atoms with Gasteiger partial charge in [-0.05, 0) is 61.9 Å². The van der Waals surface area contributed by atoms with Crippen LogP contribution in [0.1, 0.15) is 68.3 Å². The summed E-state index contributed by atoms with van der Waals surface area (Å²) in [4.78, 5) is 38.5. The number of carbonyl (C=O) groups excluding carboxylic acids is 3. The topological polar surface area (TPSA) is 75.7 Å². The van der Waals surface area contributed by atoms with Gasteiger partial charge in [-0.2, -0.15) is 0 Å². The molecule has 0 unspecified atom stereocenters. The van der Waals surface area contributed by atoms with Gasteiger partial charge in [-0.25, -0.2) is 0 Å². The smallest absolute Gasteiger partial charge is 0.305 e. The zero-order valence-electron chi connectivity index (χ0n) is 19.8. The molecule has 0 aromatic heterocycles. The number of anilines is 1. The van der Waals surface area contributed by atoms with Gasteiger partial charge in [-0.3, -0.25) is 14.4 Å². The molecule has 2 aromatic rings. The summed E-state index contributed by atoms with van der Waals surface area (Å²) < 4.78 is 5.25. The lowest BCUT2D eigenvalue weighted by Gasteiger charge is -2.21. The lowest BCUT2D eigenvalue weighted by atomic mass is 10.1. The predicted octanol–water partition coefficient (Wildman–Crippen LogP) is 5.23. The summed E-state index contributed by atoms with van der Waals surface area (Å²) in [5.41, 5.74) is 2.48. The van der Waals surface area contributed by atoms with Crippen LogP contribution in [-0.4, -0.2) is 42.4 Å². The molecule has 0 heterocycles. The third-order valence-corrected chi connectivity index (χ3v) is 5.19. The standard InChI is InChI=1S/C27H36N2O4/c1-3-19-29(20-4-2)27(32)23-15-17-24(18-16-23)28-25(30)13-8-14-26(31)33-21-9-12-22-10-6-5-7-11-22/h5-7,10-11,15-18H,3-4,8-9,12-14,19-21H2,1-2H3,(H,28,30). The number of aryl methyl sites for hydroxylation is 1. The van der Waals surface area contributed by atoms with E-state index in [0.717, 1.165) is 38.8 Å². The molecule has 6 heteroatoms. The lowest BCUT2D eigenvalue weighted by molar-refractivity contribution is -0.143. The first kappa shape index (κ1) is 26.1. The Morgan fingerprint density at radius 2 is 1.52 bits per heavy atom. The maximum atomic E-state index is 12.6. The summed E-state index contributed by atoms with van der Waals surface area (Å²) >= 11 is 0. The minimum atomic E-state index is -0.276. The molecular formula is C27H36N2O4. The number of hydrogen-bond donors (Lipinski definition) is 1. The van der Waals surface area contributed by atoms with Gasteiger partial charge < -0.3 is 15.0 Å². The minimum Gasteiger partial charge on any atom is -0.466 e. The van der Waals surface area contributed by atoms with Crippen LogP contribution in [-0.2, 0) is 20.7 Å². The van der Waals surface area contributed by atoms with Crippen LogP contribution < -0.4 is 5.32 Å². The van der Waals surface area contributed by atoms with E-state index in [2.05, 4.69) is 31.3 Å². The van der Waals surface area contributed by atoms with Gasteiger partial charge in [0.1, 0.15) is 0 Å². The number of nitrogens with zero attached hydrogens (tertiary/aromatic N) is 1. The molecule has 33 heavy (non-hydrogen) atoms. The fraction of sp³-hybridized carbons (Fsp3) is 0.444. The van der Waals surface area contributed by atoms with E-state index in [9.17, 15) is 14.4 Å². The first-order valence-corrected chi connectivity index (χ1v) is 11.9. The van der Waals surface area contributed by atoms with Crippen LogP contribution in [0.3, 0.4) is 0 Å². The van der Waals surface area contributed by atoms with Crippen LogP contribution in [0.2, 0.25) is 0 Å². The lowest BCUT2D eigenvalue weighted by Crippen LogP contribution is -2.32. The van der Waals surface area contributed by atoms with Gasteiger partial charge in [0.15, 0.2) is 0 Å². The molecule has 0 saturated heterocycles. The first-order chi connectivity index (χ1) is 16.0. The van der Waals surface area contributed by atoms with Gasteiger partial charge in [0.25, 0.3) is 5.91 Å². The second-order valence-electron chi connectivity index (χ2n) is 8.08.